The zero-order valence-corrected chi connectivity index (χ0v) is 15.7. The third-order valence-corrected chi connectivity index (χ3v) is 4.44. The number of nitrogens with one attached hydrogen (secondary N) is 1. The lowest BCUT2D eigenvalue weighted by Gasteiger charge is -2.04. The second-order valence-corrected chi connectivity index (χ2v) is 6.55. The Bertz CT molecular complexity index is 1130. The summed E-state index contributed by atoms with van der Waals surface area (Å²) in [5, 5.41) is 16.2. The van der Waals surface area contributed by atoms with Crippen molar-refractivity contribution >= 4 is 39.6 Å². The van der Waals surface area contributed by atoms with Crippen LogP contribution in [0.2, 0.25) is 5.02 Å². The Kier molecular flexibility index (Phi) is 5.41. The molecule has 0 atom stereocenters. The van der Waals surface area contributed by atoms with E-state index < -0.39 is 0 Å². The summed E-state index contributed by atoms with van der Waals surface area (Å²) in [6.45, 7) is 0. The third-order valence-electron chi connectivity index (χ3n) is 4.19. The van der Waals surface area contributed by atoms with Gasteiger partial charge in [0.1, 0.15) is 0 Å². The van der Waals surface area contributed by atoms with Crippen LogP contribution in [0.5, 0.6) is 0 Å². The number of benzene rings is 4. The molecule has 0 bridgehead atoms. The number of hydrogen-bond acceptors (Lipinski definition) is 3. The van der Waals surface area contributed by atoms with E-state index in [9.17, 15) is 0 Å². The van der Waals surface area contributed by atoms with Gasteiger partial charge in [-0.25, -0.2) is 0 Å². The molecule has 5 heteroatoms. The number of anilines is 1. The minimum atomic E-state index is 0.466. The van der Waals surface area contributed by atoms with Crippen LogP contribution in [0.3, 0.4) is 0 Å². The molecule has 136 valence electrons. The van der Waals surface area contributed by atoms with Gasteiger partial charge < -0.3 is 0 Å². The fourth-order valence-corrected chi connectivity index (χ4v) is 2.90. The van der Waals surface area contributed by atoms with E-state index in [0.717, 1.165) is 27.7 Å². The Morgan fingerprint density at radius 2 is 1.43 bits per heavy atom. The van der Waals surface area contributed by atoms with Gasteiger partial charge in [-0.3, -0.25) is 5.43 Å². The molecule has 4 nitrogen and oxygen atoms in total. The molecular weight excluding hydrogens is 368 g/mol. The largest absolute Gasteiger partial charge is 0.276 e. The topological polar surface area (TPSA) is 49.1 Å². The van der Waals surface area contributed by atoms with Crippen LogP contribution in [0.4, 0.5) is 11.4 Å². The van der Waals surface area contributed by atoms with Crippen molar-refractivity contribution in [1.82, 2.24) is 0 Å². The van der Waals surface area contributed by atoms with Gasteiger partial charge in [-0.05, 0) is 47.9 Å². The number of hydrogen-bond donors (Lipinski definition) is 1. The van der Waals surface area contributed by atoms with Crippen LogP contribution >= 0.6 is 11.6 Å². The average molecular weight is 385 g/mol. The monoisotopic (exact) mass is 384 g/mol. The lowest BCUT2D eigenvalue weighted by Crippen LogP contribution is -2.01. The maximum absolute atomic E-state index is 6.02. The Labute approximate surface area is 168 Å². The lowest BCUT2D eigenvalue weighted by molar-refractivity contribution is 1.23. The number of hydrazone groups is 1. The van der Waals surface area contributed by atoms with Crippen LogP contribution in [0, 0.1) is 0 Å². The summed E-state index contributed by atoms with van der Waals surface area (Å²) in [4.78, 5) is 0. The number of amidine groups is 1. The van der Waals surface area contributed by atoms with Crippen molar-refractivity contribution in [1.29, 1.82) is 0 Å². The van der Waals surface area contributed by atoms with E-state index in [1.807, 2.05) is 84.9 Å². The molecule has 28 heavy (non-hydrogen) atoms. The summed E-state index contributed by atoms with van der Waals surface area (Å²) in [5.41, 5.74) is 5.51. The molecule has 4 aromatic rings. The molecule has 0 spiro atoms. The van der Waals surface area contributed by atoms with E-state index in [4.69, 9.17) is 11.6 Å². The zero-order valence-electron chi connectivity index (χ0n) is 15.0. The minimum Gasteiger partial charge on any atom is -0.276 e. The summed E-state index contributed by atoms with van der Waals surface area (Å²) in [6.07, 6.45) is 0. The van der Waals surface area contributed by atoms with Gasteiger partial charge in [0.2, 0.25) is 5.84 Å². The average Bonchev–Trinajstić information content (AvgIpc) is 2.75. The second-order valence-electron chi connectivity index (χ2n) is 6.12. The summed E-state index contributed by atoms with van der Waals surface area (Å²) < 4.78 is 0. The molecule has 0 aromatic heterocycles. The summed E-state index contributed by atoms with van der Waals surface area (Å²) in [7, 11) is 0. The van der Waals surface area contributed by atoms with E-state index in [0.29, 0.717) is 10.9 Å². The highest BCUT2D eigenvalue weighted by Crippen LogP contribution is 2.26. The molecule has 0 aliphatic heterocycles. The predicted octanol–water partition coefficient (Wildman–Crippen LogP) is 7.05. The van der Waals surface area contributed by atoms with Crippen LogP contribution in [-0.2, 0) is 0 Å². The third kappa shape index (κ3) is 4.24. The van der Waals surface area contributed by atoms with Gasteiger partial charge in [0.15, 0.2) is 0 Å². The number of nitrogens with zero attached hydrogens (tertiary/aromatic N) is 3. The molecule has 0 fully saturated rings. The van der Waals surface area contributed by atoms with Gasteiger partial charge in [-0.15, -0.1) is 10.2 Å². The van der Waals surface area contributed by atoms with Crippen molar-refractivity contribution in [2.75, 3.05) is 5.43 Å². The number of rotatable bonds is 4. The zero-order chi connectivity index (χ0) is 19.2. The molecule has 0 aliphatic carbocycles. The van der Waals surface area contributed by atoms with E-state index in [2.05, 4.69) is 32.9 Å². The van der Waals surface area contributed by atoms with Crippen molar-refractivity contribution in [2.24, 2.45) is 15.3 Å². The van der Waals surface area contributed by atoms with Crippen molar-refractivity contribution in [2.45, 2.75) is 0 Å². The van der Waals surface area contributed by atoms with Gasteiger partial charge in [0.05, 0.1) is 11.4 Å². The van der Waals surface area contributed by atoms with E-state index >= 15 is 0 Å². The van der Waals surface area contributed by atoms with Crippen LogP contribution in [-0.4, -0.2) is 5.84 Å². The maximum atomic E-state index is 6.02. The molecule has 0 amide bonds. The number of halogens is 1. The van der Waals surface area contributed by atoms with E-state index in [1.165, 1.54) is 0 Å². The van der Waals surface area contributed by atoms with E-state index in [1.54, 1.807) is 0 Å². The molecule has 0 unspecified atom stereocenters. The van der Waals surface area contributed by atoms with E-state index in [-0.39, 0.29) is 0 Å². The maximum Gasteiger partial charge on any atom is 0.201 e. The molecule has 0 saturated carbocycles. The fraction of sp³-hybridized carbons (Fsp3) is 0. The predicted molar refractivity (Wildman–Crippen MR) is 117 cm³/mol. The highest BCUT2D eigenvalue weighted by molar-refractivity contribution is 6.30. The first-order valence-electron chi connectivity index (χ1n) is 8.84. The van der Waals surface area contributed by atoms with Crippen molar-refractivity contribution in [3.8, 4) is 0 Å². The summed E-state index contributed by atoms with van der Waals surface area (Å²) in [6, 6.07) is 31.1. The molecule has 0 aliphatic rings. The van der Waals surface area contributed by atoms with Crippen molar-refractivity contribution in [3.63, 3.8) is 0 Å². The number of azo groups is 1. The summed E-state index contributed by atoms with van der Waals surface area (Å²) >= 11 is 6.02. The van der Waals surface area contributed by atoms with Crippen LogP contribution in [0.25, 0.3) is 10.8 Å². The Morgan fingerprint density at radius 1 is 0.714 bits per heavy atom. The SMILES string of the molecule is Clc1ccc(/C(N=Nc2cccc3ccccc23)=N\Nc2ccccc2)cc1. The van der Waals surface area contributed by atoms with Crippen LogP contribution in [0.15, 0.2) is 112 Å². The Balaban J connectivity index is 1.70. The van der Waals surface area contributed by atoms with Gasteiger partial charge in [-0.2, -0.15) is 5.10 Å². The smallest absolute Gasteiger partial charge is 0.201 e. The van der Waals surface area contributed by atoms with Crippen LogP contribution in [0.1, 0.15) is 5.56 Å². The first kappa shape index (κ1) is 17.9. The lowest BCUT2D eigenvalue weighted by atomic mass is 10.1. The van der Waals surface area contributed by atoms with Crippen LogP contribution < -0.4 is 5.43 Å². The highest BCUT2D eigenvalue weighted by atomic mass is 35.5. The van der Waals surface area contributed by atoms with Crippen molar-refractivity contribution in [3.05, 3.63) is 108 Å². The normalized spacial score (nSPS) is 11.8. The first-order valence-corrected chi connectivity index (χ1v) is 9.21. The quantitative estimate of drug-likeness (QED) is 0.174. The second kappa shape index (κ2) is 8.46. The minimum absolute atomic E-state index is 0.466. The molecule has 0 saturated heterocycles. The standard InChI is InChI=1S/C23H17ClN4/c24-19-15-13-18(14-16-19)23(27-25-20-9-2-1-3-10-20)28-26-22-12-6-8-17-7-4-5-11-21(17)22/h1-16,25H/b27-23+,28-26?. The molecule has 4 aromatic carbocycles. The van der Waals surface area contributed by atoms with Crippen molar-refractivity contribution < 1.29 is 0 Å². The summed E-state index contributed by atoms with van der Waals surface area (Å²) in [5.74, 6) is 0.466. The molecular formula is C23H17ClN4. The molecule has 0 heterocycles. The molecule has 4 rings (SSSR count). The van der Waals surface area contributed by atoms with Gasteiger partial charge in [0, 0.05) is 16.0 Å². The molecule has 0 radical (unpaired) electrons. The molecule has 1 N–H and O–H groups in total. The fourth-order valence-electron chi connectivity index (χ4n) is 2.77. The van der Waals surface area contributed by atoms with Gasteiger partial charge in [-0.1, -0.05) is 66.2 Å². The Morgan fingerprint density at radius 3 is 2.25 bits per heavy atom. The number of fused-ring (bicyclic) bond motifs is 1. The van der Waals surface area contributed by atoms with Gasteiger partial charge >= 0.3 is 0 Å². The van der Waals surface area contributed by atoms with Gasteiger partial charge in [0.25, 0.3) is 0 Å². The highest BCUT2D eigenvalue weighted by Gasteiger charge is 2.05. The first-order chi connectivity index (χ1) is 13.8. The number of para-hydroxylation sites is 1. The Hall–Kier alpha value is -3.50.